The van der Waals surface area contributed by atoms with Crippen molar-refractivity contribution in [2.45, 2.75) is 52.0 Å². The highest BCUT2D eigenvalue weighted by molar-refractivity contribution is 5.86. The summed E-state index contributed by atoms with van der Waals surface area (Å²) in [6, 6.07) is -0.564. The van der Waals surface area contributed by atoms with E-state index in [2.05, 4.69) is 0 Å². The molecule has 102 valence electrons. The molecule has 1 amide bonds. The smallest absolute Gasteiger partial charge is 0.326 e. The van der Waals surface area contributed by atoms with E-state index in [4.69, 9.17) is 0 Å². The lowest BCUT2D eigenvalue weighted by Crippen LogP contribution is -2.45. The zero-order chi connectivity index (χ0) is 13.3. The lowest BCUT2D eigenvalue weighted by molar-refractivity contribution is -0.151. The molecule has 2 fully saturated rings. The average Bonchev–Trinajstić information content (AvgIpc) is 2.88. The van der Waals surface area contributed by atoms with Crippen molar-refractivity contribution in [3.05, 3.63) is 0 Å². The Morgan fingerprint density at radius 1 is 1.28 bits per heavy atom. The minimum atomic E-state index is -0.816. The van der Waals surface area contributed by atoms with Gasteiger partial charge in [-0.15, -0.1) is 0 Å². The van der Waals surface area contributed by atoms with Gasteiger partial charge in [0, 0.05) is 12.5 Å². The van der Waals surface area contributed by atoms with Gasteiger partial charge in [-0.2, -0.15) is 0 Å². The van der Waals surface area contributed by atoms with E-state index in [0.717, 1.165) is 32.1 Å². The Kier molecular flexibility index (Phi) is 3.93. The van der Waals surface area contributed by atoms with Crippen molar-refractivity contribution in [3.8, 4) is 0 Å². The SMILES string of the molecule is CCC(CC)C(=O)N1CC2CCCC2C1C(=O)O. The highest BCUT2D eigenvalue weighted by Crippen LogP contribution is 2.42. The highest BCUT2D eigenvalue weighted by atomic mass is 16.4. The number of fused-ring (bicyclic) bond motifs is 1. The molecule has 0 aromatic rings. The van der Waals surface area contributed by atoms with Gasteiger partial charge in [0.05, 0.1) is 0 Å². The van der Waals surface area contributed by atoms with E-state index < -0.39 is 12.0 Å². The number of carbonyl (C=O) groups excluding carboxylic acids is 1. The van der Waals surface area contributed by atoms with Crippen LogP contribution in [-0.2, 0) is 9.59 Å². The molecular weight excluding hydrogens is 230 g/mol. The van der Waals surface area contributed by atoms with Crippen LogP contribution in [0.1, 0.15) is 46.0 Å². The summed E-state index contributed by atoms with van der Waals surface area (Å²) in [7, 11) is 0. The third kappa shape index (κ3) is 2.13. The second kappa shape index (κ2) is 5.29. The van der Waals surface area contributed by atoms with Crippen LogP contribution in [0, 0.1) is 17.8 Å². The molecule has 1 aliphatic carbocycles. The van der Waals surface area contributed by atoms with E-state index in [9.17, 15) is 14.7 Å². The molecule has 2 aliphatic rings. The molecular formula is C14H23NO3. The zero-order valence-corrected chi connectivity index (χ0v) is 11.3. The molecule has 0 bridgehead atoms. The summed E-state index contributed by atoms with van der Waals surface area (Å²) in [5, 5.41) is 9.41. The molecule has 0 spiro atoms. The lowest BCUT2D eigenvalue weighted by atomic mass is 9.94. The molecule has 1 saturated carbocycles. The Morgan fingerprint density at radius 2 is 1.94 bits per heavy atom. The van der Waals surface area contributed by atoms with Crippen LogP contribution in [0.25, 0.3) is 0 Å². The van der Waals surface area contributed by atoms with Crippen LogP contribution in [0.4, 0.5) is 0 Å². The summed E-state index contributed by atoms with van der Waals surface area (Å²) in [5.74, 6) is -0.151. The van der Waals surface area contributed by atoms with E-state index in [-0.39, 0.29) is 17.7 Å². The maximum Gasteiger partial charge on any atom is 0.326 e. The Balaban J connectivity index is 2.17. The monoisotopic (exact) mass is 253 g/mol. The van der Waals surface area contributed by atoms with Gasteiger partial charge in [-0.25, -0.2) is 4.79 Å². The molecule has 3 unspecified atom stereocenters. The third-order valence-electron chi connectivity index (χ3n) is 4.76. The van der Waals surface area contributed by atoms with Crippen molar-refractivity contribution in [1.82, 2.24) is 4.90 Å². The highest BCUT2D eigenvalue weighted by Gasteiger charge is 2.50. The predicted octanol–water partition coefficient (Wildman–Crippen LogP) is 2.13. The quantitative estimate of drug-likeness (QED) is 0.835. The van der Waals surface area contributed by atoms with Gasteiger partial charge in [0.2, 0.25) is 5.91 Å². The van der Waals surface area contributed by atoms with Gasteiger partial charge in [-0.1, -0.05) is 20.3 Å². The van der Waals surface area contributed by atoms with E-state index >= 15 is 0 Å². The average molecular weight is 253 g/mol. The molecule has 4 nitrogen and oxygen atoms in total. The van der Waals surface area contributed by atoms with Crippen LogP contribution in [0.3, 0.4) is 0 Å². The number of aliphatic carboxylic acids is 1. The summed E-state index contributed by atoms with van der Waals surface area (Å²) in [5.41, 5.74) is 0. The lowest BCUT2D eigenvalue weighted by Gasteiger charge is -2.27. The van der Waals surface area contributed by atoms with Gasteiger partial charge in [0.25, 0.3) is 0 Å². The molecule has 18 heavy (non-hydrogen) atoms. The van der Waals surface area contributed by atoms with Gasteiger partial charge in [-0.05, 0) is 37.5 Å². The molecule has 1 aliphatic heterocycles. The maximum atomic E-state index is 12.4. The van der Waals surface area contributed by atoms with E-state index in [1.165, 1.54) is 0 Å². The summed E-state index contributed by atoms with van der Waals surface area (Å²) in [6.45, 7) is 4.66. The van der Waals surface area contributed by atoms with E-state index in [0.29, 0.717) is 12.5 Å². The Bertz CT molecular complexity index is 338. The van der Waals surface area contributed by atoms with Crippen molar-refractivity contribution in [2.75, 3.05) is 6.54 Å². The fourth-order valence-electron chi connectivity index (χ4n) is 3.72. The van der Waals surface area contributed by atoms with Gasteiger partial charge < -0.3 is 10.0 Å². The molecule has 0 radical (unpaired) electrons. The molecule has 1 N–H and O–H groups in total. The molecule has 0 aromatic carbocycles. The van der Waals surface area contributed by atoms with Crippen LogP contribution in [0.5, 0.6) is 0 Å². The van der Waals surface area contributed by atoms with Crippen LogP contribution in [0.15, 0.2) is 0 Å². The zero-order valence-electron chi connectivity index (χ0n) is 11.3. The van der Waals surface area contributed by atoms with Crippen molar-refractivity contribution >= 4 is 11.9 Å². The first-order valence-electron chi connectivity index (χ1n) is 7.13. The number of rotatable bonds is 4. The second-order valence-corrected chi connectivity index (χ2v) is 5.64. The molecule has 4 heteroatoms. The summed E-state index contributed by atoms with van der Waals surface area (Å²) < 4.78 is 0. The minimum absolute atomic E-state index is 0.00863. The number of hydrogen-bond donors (Lipinski definition) is 1. The maximum absolute atomic E-state index is 12.4. The Hall–Kier alpha value is -1.06. The summed E-state index contributed by atoms with van der Waals surface area (Å²) >= 11 is 0. The Labute approximate surface area is 108 Å². The van der Waals surface area contributed by atoms with Crippen LogP contribution in [-0.4, -0.2) is 34.5 Å². The van der Waals surface area contributed by atoms with Crippen molar-refractivity contribution < 1.29 is 14.7 Å². The Morgan fingerprint density at radius 3 is 2.50 bits per heavy atom. The van der Waals surface area contributed by atoms with E-state index in [1.54, 1.807) is 4.90 Å². The fraction of sp³-hybridized carbons (Fsp3) is 0.857. The van der Waals surface area contributed by atoms with Crippen molar-refractivity contribution in [2.24, 2.45) is 17.8 Å². The van der Waals surface area contributed by atoms with Gasteiger partial charge in [-0.3, -0.25) is 4.79 Å². The number of carboxylic acids is 1. The number of nitrogens with zero attached hydrogens (tertiary/aromatic N) is 1. The number of likely N-dealkylation sites (tertiary alicyclic amines) is 1. The largest absolute Gasteiger partial charge is 0.480 e. The van der Waals surface area contributed by atoms with Crippen LogP contribution < -0.4 is 0 Å². The predicted molar refractivity (Wildman–Crippen MR) is 68.0 cm³/mol. The third-order valence-corrected chi connectivity index (χ3v) is 4.76. The fourth-order valence-corrected chi connectivity index (χ4v) is 3.72. The number of hydrogen-bond acceptors (Lipinski definition) is 2. The van der Waals surface area contributed by atoms with Gasteiger partial charge >= 0.3 is 5.97 Å². The molecule has 3 atom stereocenters. The normalized spacial score (nSPS) is 30.8. The van der Waals surface area contributed by atoms with Crippen LogP contribution >= 0.6 is 0 Å². The van der Waals surface area contributed by atoms with E-state index in [1.807, 2.05) is 13.8 Å². The molecule has 1 heterocycles. The summed E-state index contributed by atoms with van der Waals surface area (Å²) in [4.78, 5) is 25.5. The molecule has 1 saturated heterocycles. The molecule has 0 aromatic heterocycles. The second-order valence-electron chi connectivity index (χ2n) is 5.64. The van der Waals surface area contributed by atoms with Gasteiger partial charge in [0.15, 0.2) is 0 Å². The number of carbonyl (C=O) groups is 2. The first kappa shape index (κ1) is 13.4. The first-order valence-corrected chi connectivity index (χ1v) is 7.13. The van der Waals surface area contributed by atoms with Crippen molar-refractivity contribution in [3.63, 3.8) is 0 Å². The molecule has 2 rings (SSSR count). The first-order chi connectivity index (χ1) is 8.60. The minimum Gasteiger partial charge on any atom is -0.480 e. The number of carboxylic acid groups (broad SMARTS) is 1. The standard InChI is InChI=1S/C14H23NO3/c1-3-9(4-2)13(16)15-8-10-6-5-7-11(10)12(15)14(17)18/h9-12H,3-8H2,1-2H3,(H,17,18). The van der Waals surface area contributed by atoms with Crippen LogP contribution in [0.2, 0.25) is 0 Å². The van der Waals surface area contributed by atoms with Gasteiger partial charge in [0.1, 0.15) is 6.04 Å². The summed E-state index contributed by atoms with van der Waals surface area (Å²) in [6.07, 6.45) is 4.77. The number of amides is 1. The topological polar surface area (TPSA) is 57.6 Å². The van der Waals surface area contributed by atoms with Crippen molar-refractivity contribution in [1.29, 1.82) is 0 Å².